The molecule has 1 atom stereocenters. The lowest BCUT2D eigenvalue weighted by molar-refractivity contribution is 0.192. The van der Waals surface area contributed by atoms with Gasteiger partial charge in [-0.1, -0.05) is 6.07 Å². The van der Waals surface area contributed by atoms with Crippen molar-refractivity contribution < 1.29 is 4.79 Å². The van der Waals surface area contributed by atoms with Crippen molar-refractivity contribution in [1.29, 1.82) is 0 Å². The number of rotatable bonds is 3. The molecule has 1 saturated heterocycles. The molecule has 1 fully saturated rings. The van der Waals surface area contributed by atoms with Crippen molar-refractivity contribution in [1.82, 2.24) is 29.8 Å². The lowest BCUT2D eigenvalue weighted by Gasteiger charge is -2.25. The smallest absolute Gasteiger partial charge is 0.318 e. The van der Waals surface area contributed by atoms with E-state index in [0.717, 1.165) is 47.7 Å². The fourth-order valence-electron chi connectivity index (χ4n) is 3.70. The number of aryl methyl sites for hydroxylation is 2. The van der Waals surface area contributed by atoms with Gasteiger partial charge in [0.1, 0.15) is 5.65 Å². The van der Waals surface area contributed by atoms with Crippen LogP contribution in [-0.4, -0.2) is 37.1 Å². The number of carbonyl (C=O) groups excluding carboxylic acids is 1. The number of hydrogen-bond donors (Lipinski definition) is 2. The van der Waals surface area contributed by atoms with Crippen LogP contribution in [-0.2, 0) is 6.54 Å². The average Bonchev–Trinajstić information content (AvgIpc) is 3.31. The zero-order chi connectivity index (χ0) is 17.4. The number of nitrogens with zero attached hydrogens (tertiary/aromatic N) is 4. The van der Waals surface area contributed by atoms with Gasteiger partial charge in [0, 0.05) is 30.2 Å². The van der Waals surface area contributed by atoms with Crippen molar-refractivity contribution in [3.8, 4) is 0 Å². The molecule has 1 aliphatic heterocycles. The first kappa shape index (κ1) is 15.7. The molecule has 3 aromatic rings. The SMILES string of the molecule is Cc1n[nH]c(C)c1[C@@H]1CCCN1C(=O)NCc1cn2ccccc2n1. The Labute approximate surface area is 146 Å². The number of pyridine rings is 1. The van der Waals surface area contributed by atoms with Crippen molar-refractivity contribution in [3.05, 3.63) is 53.2 Å². The molecule has 7 nitrogen and oxygen atoms in total. The van der Waals surface area contributed by atoms with E-state index in [2.05, 4.69) is 20.5 Å². The highest BCUT2D eigenvalue weighted by atomic mass is 16.2. The van der Waals surface area contributed by atoms with Crippen molar-refractivity contribution >= 4 is 11.7 Å². The maximum atomic E-state index is 12.7. The van der Waals surface area contributed by atoms with Gasteiger partial charge in [-0.05, 0) is 38.8 Å². The molecule has 0 bridgehead atoms. The van der Waals surface area contributed by atoms with E-state index in [1.54, 1.807) is 0 Å². The van der Waals surface area contributed by atoms with E-state index in [4.69, 9.17) is 0 Å². The summed E-state index contributed by atoms with van der Waals surface area (Å²) in [5, 5.41) is 10.3. The first-order valence-electron chi connectivity index (χ1n) is 8.62. The third-order valence-corrected chi connectivity index (χ3v) is 4.87. The Morgan fingerprint density at radius 1 is 1.40 bits per heavy atom. The fourth-order valence-corrected chi connectivity index (χ4v) is 3.70. The number of aromatic nitrogens is 4. The second-order valence-corrected chi connectivity index (χ2v) is 6.56. The van der Waals surface area contributed by atoms with Gasteiger partial charge in [0.2, 0.25) is 0 Å². The molecular formula is C18H22N6O. The summed E-state index contributed by atoms with van der Waals surface area (Å²) in [5.74, 6) is 0. The minimum atomic E-state index is -0.0421. The van der Waals surface area contributed by atoms with Gasteiger partial charge in [0.15, 0.2) is 0 Å². The second kappa shape index (κ2) is 6.23. The Morgan fingerprint density at radius 2 is 2.28 bits per heavy atom. The molecule has 1 aliphatic rings. The molecule has 4 heterocycles. The molecule has 0 aliphatic carbocycles. The minimum Gasteiger partial charge on any atom is -0.332 e. The van der Waals surface area contributed by atoms with Gasteiger partial charge in [-0.3, -0.25) is 5.10 Å². The van der Waals surface area contributed by atoms with Gasteiger partial charge in [0.05, 0.1) is 24.0 Å². The Bertz CT molecular complexity index is 859. The zero-order valence-electron chi connectivity index (χ0n) is 14.5. The molecule has 0 spiro atoms. The molecule has 2 N–H and O–H groups in total. The predicted molar refractivity (Wildman–Crippen MR) is 94.2 cm³/mol. The number of fused-ring (bicyclic) bond motifs is 1. The summed E-state index contributed by atoms with van der Waals surface area (Å²) in [6.07, 6.45) is 5.88. The van der Waals surface area contributed by atoms with Crippen LogP contribution in [0.3, 0.4) is 0 Å². The normalized spacial score (nSPS) is 17.4. The average molecular weight is 338 g/mol. The largest absolute Gasteiger partial charge is 0.332 e. The van der Waals surface area contributed by atoms with Gasteiger partial charge in [0.25, 0.3) is 0 Å². The Balaban J connectivity index is 1.46. The summed E-state index contributed by atoms with van der Waals surface area (Å²) in [6.45, 7) is 5.20. The van der Waals surface area contributed by atoms with Crippen LogP contribution in [0.5, 0.6) is 0 Å². The van der Waals surface area contributed by atoms with E-state index in [1.807, 2.05) is 53.7 Å². The monoisotopic (exact) mass is 338 g/mol. The van der Waals surface area contributed by atoms with Gasteiger partial charge < -0.3 is 14.6 Å². The third-order valence-electron chi connectivity index (χ3n) is 4.87. The highest BCUT2D eigenvalue weighted by Crippen LogP contribution is 2.34. The molecule has 7 heteroatoms. The van der Waals surface area contributed by atoms with Crippen molar-refractivity contribution in [2.45, 2.75) is 39.3 Å². The molecule has 4 rings (SSSR count). The van der Waals surface area contributed by atoms with Crippen LogP contribution in [0.1, 0.15) is 41.5 Å². The molecule has 2 amide bonds. The summed E-state index contributed by atoms with van der Waals surface area (Å²) in [4.78, 5) is 19.2. The van der Waals surface area contributed by atoms with Crippen LogP contribution in [0.4, 0.5) is 4.79 Å². The number of likely N-dealkylation sites (tertiary alicyclic amines) is 1. The lowest BCUT2D eigenvalue weighted by Crippen LogP contribution is -2.39. The van der Waals surface area contributed by atoms with Crippen LogP contribution >= 0.6 is 0 Å². The summed E-state index contributed by atoms with van der Waals surface area (Å²) < 4.78 is 1.96. The van der Waals surface area contributed by atoms with E-state index in [1.165, 1.54) is 0 Å². The first-order chi connectivity index (χ1) is 12.1. The standard InChI is InChI=1S/C18H22N6O/c1-12-17(13(2)22-21-12)15-6-5-9-24(15)18(25)19-10-14-11-23-8-4-3-7-16(23)20-14/h3-4,7-8,11,15H,5-6,9-10H2,1-2H3,(H,19,25)(H,21,22)/t15-/m0/s1. The molecule has 0 aromatic carbocycles. The number of amides is 2. The maximum absolute atomic E-state index is 12.7. The van der Waals surface area contributed by atoms with Crippen LogP contribution < -0.4 is 5.32 Å². The molecule has 130 valence electrons. The summed E-state index contributed by atoms with van der Waals surface area (Å²) >= 11 is 0. The van der Waals surface area contributed by atoms with Crippen molar-refractivity contribution in [2.24, 2.45) is 0 Å². The molecule has 0 unspecified atom stereocenters. The zero-order valence-corrected chi connectivity index (χ0v) is 14.5. The highest BCUT2D eigenvalue weighted by molar-refractivity contribution is 5.75. The number of nitrogens with one attached hydrogen (secondary N) is 2. The number of hydrogen-bond acceptors (Lipinski definition) is 3. The number of H-pyrrole nitrogens is 1. The lowest BCUT2D eigenvalue weighted by atomic mass is 10.0. The first-order valence-corrected chi connectivity index (χ1v) is 8.62. The topological polar surface area (TPSA) is 78.3 Å². The molecule has 0 saturated carbocycles. The number of aromatic amines is 1. The Kier molecular flexibility index (Phi) is 3.91. The van der Waals surface area contributed by atoms with E-state index in [0.29, 0.717) is 6.54 Å². The van der Waals surface area contributed by atoms with Crippen LogP contribution in [0.25, 0.3) is 5.65 Å². The van der Waals surface area contributed by atoms with E-state index >= 15 is 0 Å². The van der Waals surface area contributed by atoms with Gasteiger partial charge in [-0.15, -0.1) is 0 Å². The molecule has 3 aromatic heterocycles. The van der Waals surface area contributed by atoms with Crippen molar-refractivity contribution in [3.63, 3.8) is 0 Å². The van der Waals surface area contributed by atoms with Crippen LogP contribution in [0, 0.1) is 13.8 Å². The van der Waals surface area contributed by atoms with Gasteiger partial charge >= 0.3 is 6.03 Å². The van der Waals surface area contributed by atoms with E-state index < -0.39 is 0 Å². The molecule has 0 radical (unpaired) electrons. The highest BCUT2D eigenvalue weighted by Gasteiger charge is 2.32. The van der Waals surface area contributed by atoms with E-state index in [-0.39, 0.29) is 12.1 Å². The maximum Gasteiger partial charge on any atom is 0.318 e. The van der Waals surface area contributed by atoms with Gasteiger partial charge in [-0.25, -0.2) is 9.78 Å². The quantitative estimate of drug-likeness (QED) is 0.771. The number of imidazole rings is 1. The summed E-state index contributed by atoms with van der Waals surface area (Å²) in [5.41, 5.74) is 4.91. The molecule has 25 heavy (non-hydrogen) atoms. The summed E-state index contributed by atoms with van der Waals surface area (Å²) in [6, 6.07) is 5.92. The fraction of sp³-hybridized carbons (Fsp3) is 0.389. The van der Waals surface area contributed by atoms with Crippen LogP contribution in [0.2, 0.25) is 0 Å². The minimum absolute atomic E-state index is 0.0421. The molecular weight excluding hydrogens is 316 g/mol. The Morgan fingerprint density at radius 3 is 3.04 bits per heavy atom. The van der Waals surface area contributed by atoms with Crippen LogP contribution in [0.15, 0.2) is 30.6 Å². The van der Waals surface area contributed by atoms with Crippen molar-refractivity contribution in [2.75, 3.05) is 6.54 Å². The second-order valence-electron chi connectivity index (χ2n) is 6.56. The predicted octanol–water partition coefficient (Wildman–Crippen LogP) is 2.72. The third kappa shape index (κ3) is 2.86. The van der Waals surface area contributed by atoms with E-state index in [9.17, 15) is 4.79 Å². The van der Waals surface area contributed by atoms with Gasteiger partial charge in [-0.2, -0.15) is 5.10 Å². The Hall–Kier alpha value is -2.83. The summed E-state index contributed by atoms with van der Waals surface area (Å²) in [7, 11) is 0. The number of carbonyl (C=O) groups is 1. The number of urea groups is 1.